The van der Waals surface area contributed by atoms with Crippen LogP contribution in [0.25, 0.3) is 0 Å². The van der Waals surface area contributed by atoms with Gasteiger partial charge in [-0.05, 0) is 35.7 Å². The largest absolute Gasteiger partial charge is 0.326 e. The summed E-state index contributed by atoms with van der Waals surface area (Å²) in [6, 6.07) is 15.4. The van der Waals surface area contributed by atoms with Gasteiger partial charge in [-0.1, -0.05) is 41.9 Å². The smallest absolute Gasteiger partial charge is 0.231 e. The first-order valence-corrected chi connectivity index (χ1v) is 7.39. The van der Waals surface area contributed by atoms with Crippen molar-refractivity contribution in [3.8, 4) is 0 Å². The third kappa shape index (κ3) is 3.09. The molecule has 0 radical (unpaired) electrons. The molecule has 1 aliphatic rings. The number of carbonyl (C=O) groups excluding carboxylic acids is 1. The average molecular weight is 301 g/mol. The van der Waals surface area contributed by atoms with Crippen LogP contribution in [0.3, 0.4) is 0 Å². The van der Waals surface area contributed by atoms with Gasteiger partial charge in [0.15, 0.2) is 0 Å². The number of nitrogens with zero attached hydrogens (tertiary/aromatic N) is 1. The number of halogens is 1. The number of fused-ring (bicyclic) bond motifs is 1. The van der Waals surface area contributed by atoms with E-state index in [9.17, 15) is 4.79 Å². The molecule has 0 saturated carbocycles. The summed E-state index contributed by atoms with van der Waals surface area (Å²) in [5.41, 5.74) is 9.11. The molecule has 2 aromatic rings. The van der Waals surface area contributed by atoms with Crippen LogP contribution in [-0.4, -0.2) is 18.5 Å². The molecule has 0 spiro atoms. The fourth-order valence-electron chi connectivity index (χ4n) is 2.78. The molecule has 1 unspecified atom stereocenters. The molecule has 1 heterocycles. The summed E-state index contributed by atoms with van der Waals surface area (Å²) < 4.78 is 0. The molecular weight excluding hydrogens is 284 g/mol. The summed E-state index contributed by atoms with van der Waals surface area (Å²) in [5, 5.41) is 0.649. The highest BCUT2D eigenvalue weighted by Crippen LogP contribution is 2.27. The molecule has 0 aromatic heterocycles. The van der Waals surface area contributed by atoms with Crippen LogP contribution in [0.1, 0.15) is 11.1 Å². The number of carbonyl (C=O) groups is 1. The first-order valence-electron chi connectivity index (χ1n) is 7.02. The van der Waals surface area contributed by atoms with E-state index in [1.54, 1.807) is 4.90 Å². The minimum absolute atomic E-state index is 0.0109. The lowest BCUT2D eigenvalue weighted by atomic mass is 9.97. The predicted octanol–water partition coefficient (Wildman–Crippen LogP) is 2.80. The standard InChI is InChI=1S/C17H17ClN2O/c18-14-6-3-4-12(8-14)9-17(21)20-11-15(19)10-13-5-1-2-7-16(13)20/h1-8,15H,9-11,19H2. The number of benzene rings is 2. The van der Waals surface area contributed by atoms with Crippen LogP contribution in [0.4, 0.5) is 5.69 Å². The summed E-state index contributed by atoms with van der Waals surface area (Å²) in [5.74, 6) is 0.0554. The van der Waals surface area contributed by atoms with Crippen molar-refractivity contribution in [3.05, 3.63) is 64.7 Å². The maximum absolute atomic E-state index is 12.6. The average Bonchev–Trinajstić information content (AvgIpc) is 2.46. The lowest BCUT2D eigenvalue weighted by molar-refractivity contribution is -0.118. The molecule has 3 rings (SSSR count). The Bertz CT molecular complexity index is 671. The normalized spacial score (nSPS) is 17.4. The van der Waals surface area contributed by atoms with Gasteiger partial charge in [-0.2, -0.15) is 0 Å². The van der Waals surface area contributed by atoms with Crippen LogP contribution in [0.5, 0.6) is 0 Å². The molecular formula is C17H17ClN2O. The van der Waals surface area contributed by atoms with Gasteiger partial charge < -0.3 is 10.6 Å². The van der Waals surface area contributed by atoms with Crippen LogP contribution >= 0.6 is 11.6 Å². The molecule has 2 aromatic carbocycles. The second-order valence-electron chi connectivity index (χ2n) is 5.40. The first-order chi connectivity index (χ1) is 10.1. The number of hydrogen-bond acceptors (Lipinski definition) is 2. The van der Waals surface area contributed by atoms with Crippen molar-refractivity contribution in [2.24, 2.45) is 5.73 Å². The van der Waals surface area contributed by atoms with Crippen molar-refractivity contribution in [1.82, 2.24) is 0 Å². The van der Waals surface area contributed by atoms with Gasteiger partial charge in [0.2, 0.25) is 5.91 Å². The minimum atomic E-state index is -0.0109. The SMILES string of the molecule is NC1Cc2ccccc2N(C(=O)Cc2cccc(Cl)c2)C1. The third-order valence-electron chi connectivity index (χ3n) is 3.73. The molecule has 0 fully saturated rings. The molecule has 0 saturated heterocycles. The fourth-order valence-corrected chi connectivity index (χ4v) is 2.99. The number of amides is 1. The van der Waals surface area contributed by atoms with Gasteiger partial charge in [-0.15, -0.1) is 0 Å². The number of hydrogen-bond donors (Lipinski definition) is 1. The van der Waals surface area contributed by atoms with Crippen molar-refractivity contribution in [3.63, 3.8) is 0 Å². The van der Waals surface area contributed by atoms with Gasteiger partial charge in [-0.3, -0.25) is 4.79 Å². The van der Waals surface area contributed by atoms with Crippen LogP contribution in [0.15, 0.2) is 48.5 Å². The second kappa shape index (κ2) is 5.88. The first kappa shape index (κ1) is 14.1. The Hall–Kier alpha value is -1.84. The van der Waals surface area contributed by atoms with E-state index in [0.29, 0.717) is 18.0 Å². The van der Waals surface area contributed by atoms with Crippen molar-refractivity contribution in [1.29, 1.82) is 0 Å². The topological polar surface area (TPSA) is 46.3 Å². The molecule has 0 aliphatic carbocycles. The molecule has 3 nitrogen and oxygen atoms in total. The zero-order chi connectivity index (χ0) is 14.8. The third-order valence-corrected chi connectivity index (χ3v) is 3.96. The molecule has 1 amide bonds. The van der Waals surface area contributed by atoms with Crippen LogP contribution in [0.2, 0.25) is 5.02 Å². The van der Waals surface area contributed by atoms with Crippen molar-refractivity contribution in [2.75, 3.05) is 11.4 Å². The molecule has 1 aliphatic heterocycles. The Balaban J connectivity index is 1.85. The molecule has 4 heteroatoms. The number of nitrogens with two attached hydrogens (primary N) is 1. The molecule has 2 N–H and O–H groups in total. The summed E-state index contributed by atoms with van der Waals surface area (Å²) >= 11 is 5.97. The number of anilines is 1. The second-order valence-corrected chi connectivity index (χ2v) is 5.84. The van der Waals surface area contributed by atoms with Crippen LogP contribution in [-0.2, 0) is 17.6 Å². The maximum atomic E-state index is 12.6. The van der Waals surface area contributed by atoms with Crippen LogP contribution < -0.4 is 10.6 Å². The Labute approximate surface area is 129 Å². The quantitative estimate of drug-likeness (QED) is 0.927. The summed E-state index contributed by atoms with van der Waals surface area (Å²) in [7, 11) is 0. The Morgan fingerprint density at radius 3 is 2.86 bits per heavy atom. The molecule has 0 bridgehead atoms. The summed E-state index contributed by atoms with van der Waals surface area (Å²) in [4.78, 5) is 14.4. The molecule has 21 heavy (non-hydrogen) atoms. The van der Waals surface area contributed by atoms with Gasteiger partial charge in [0.1, 0.15) is 0 Å². The maximum Gasteiger partial charge on any atom is 0.231 e. The van der Waals surface area contributed by atoms with E-state index < -0.39 is 0 Å². The van der Waals surface area contributed by atoms with Gasteiger partial charge in [0.25, 0.3) is 0 Å². The van der Waals surface area contributed by atoms with E-state index in [0.717, 1.165) is 23.2 Å². The summed E-state index contributed by atoms with van der Waals surface area (Å²) in [6.45, 7) is 0.566. The van der Waals surface area contributed by atoms with Crippen molar-refractivity contribution < 1.29 is 4.79 Å². The highest BCUT2D eigenvalue weighted by atomic mass is 35.5. The zero-order valence-electron chi connectivity index (χ0n) is 11.6. The van der Waals surface area contributed by atoms with E-state index >= 15 is 0 Å². The van der Waals surface area contributed by atoms with Gasteiger partial charge >= 0.3 is 0 Å². The monoisotopic (exact) mass is 300 g/mol. The Kier molecular flexibility index (Phi) is 3.95. The summed E-state index contributed by atoms with van der Waals surface area (Å²) in [6.07, 6.45) is 1.15. The van der Waals surface area contributed by atoms with Crippen LogP contribution in [0, 0.1) is 0 Å². The number of rotatable bonds is 2. The molecule has 108 valence electrons. The highest BCUT2D eigenvalue weighted by Gasteiger charge is 2.26. The zero-order valence-corrected chi connectivity index (χ0v) is 12.4. The van der Waals surface area contributed by atoms with E-state index in [4.69, 9.17) is 17.3 Å². The van der Waals surface area contributed by atoms with E-state index in [1.165, 1.54) is 0 Å². The lowest BCUT2D eigenvalue weighted by Gasteiger charge is -2.33. The van der Waals surface area contributed by atoms with Crippen molar-refractivity contribution in [2.45, 2.75) is 18.9 Å². The number of para-hydroxylation sites is 1. The van der Waals surface area contributed by atoms with Gasteiger partial charge in [0.05, 0.1) is 6.42 Å². The highest BCUT2D eigenvalue weighted by molar-refractivity contribution is 6.30. The van der Waals surface area contributed by atoms with Crippen molar-refractivity contribution >= 4 is 23.2 Å². The molecule has 1 atom stereocenters. The lowest BCUT2D eigenvalue weighted by Crippen LogP contribution is -2.46. The van der Waals surface area contributed by atoms with E-state index in [1.807, 2.05) is 48.5 Å². The van der Waals surface area contributed by atoms with E-state index in [-0.39, 0.29) is 11.9 Å². The predicted molar refractivity (Wildman–Crippen MR) is 85.6 cm³/mol. The van der Waals surface area contributed by atoms with E-state index in [2.05, 4.69) is 0 Å². The minimum Gasteiger partial charge on any atom is -0.326 e. The van der Waals surface area contributed by atoms with Gasteiger partial charge in [-0.25, -0.2) is 0 Å². The fraction of sp³-hybridized carbons (Fsp3) is 0.235. The Morgan fingerprint density at radius 2 is 2.05 bits per heavy atom. The Morgan fingerprint density at radius 1 is 1.24 bits per heavy atom. The van der Waals surface area contributed by atoms with Gasteiger partial charge in [0, 0.05) is 23.3 Å².